The van der Waals surface area contributed by atoms with Crippen LogP contribution in [0.2, 0.25) is 0 Å². The van der Waals surface area contributed by atoms with E-state index in [4.69, 9.17) is 9.73 Å². The Labute approximate surface area is 147 Å². The summed E-state index contributed by atoms with van der Waals surface area (Å²) in [5.74, 6) is 1.49. The molecule has 0 radical (unpaired) electrons. The molecule has 4 heteroatoms. The average Bonchev–Trinajstić information content (AvgIpc) is 2.61. The first kappa shape index (κ1) is 18.8. The van der Waals surface area contributed by atoms with E-state index in [-0.39, 0.29) is 5.41 Å². The number of ether oxygens (including phenoxy) is 1. The molecule has 1 unspecified atom stereocenters. The molecular weight excluding hydrogens is 298 g/mol. The van der Waals surface area contributed by atoms with Gasteiger partial charge in [-0.1, -0.05) is 44.2 Å². The first-order chi connectivity index (χ1) is 11.6. The summed E-state index contributed by atoms with van der Waals surface area (Å²) in [5.41, 5.74) is 1.47. The predicted octanol–water partition coefficient (Wildman–Crippen LogP) is 3.33. The number of benzene rings is 1. The molecule has 2 rings (SSSR count). The van der Waals surface area contributed by atoms with Crippen molar-refractivity contribution in [1.82, 2.24) is 10.6 Å². The molecule has 2 N–H and O–H groups in total. The molecule has 24 heavy (non-hydrogen) atoms. The number of aliphatic imine (C=N–C) groups is 1. The molecule has 1 aliphatic heterocycles. The number of rotatable bonds is 6. The zero-order chi connectivity index (χ0) is 17.4. The Morgan fingerprint density at radius 3 is 2.42 bits per heavy atom. The fourth-order valence-electron chi connectivity index (χ4n) is 3.02. The van der Waals surface area contributed by atoms with Crippen LogP contribution >= 0.6 is 0 Å². The predicted molar refractivity (Wildman–Crippen MR) is 102 cm³/mol. The minimum absolute atomic E-state index is 0.0862. The molecule has 1 atom stereocenters. The van der Waals surface area contributed by atoms with Crippen LogP contribution in [0.3, 0.4) is 0 Å². The van der Waals surface area contributed by atoms with Crippen molar-refractivity contribution in [2.24, 2.45) is 10.9 Å². The zero-order valence-corrected chi connectivity index (χ0v) is 15.6. The molecule has 1 saturated heterocycles. The molecule has 0 amide bonds. The third-order valence-corrected chi connectivity index (χ3v) is 5.08. The van der Waals surface area contributed by atoms with E-state index in [0.29, 0.717) is 12.0 Å². The summed E-state index contributed by atoms with van der Waals surface area (Å²) in [6, 6.07) is 11.2. The van der Waals surface area contributed by atoms with Crippen LogP contribution in [-0.2, 0) is 10.2 Å². The van der Waals surface area contributed by atoms with Gasteiger partial charge >= 0.3 is 0 Å². The molecule has 0 spiro atoms. The van der Waals surface area contributed by atoms with Crippen LogP contribution in [0.25, 0.3) is 0 Å². The quantitative estimate of drug-likeness (QED) is 0.621. The van der Waals surface area contributed by atoms with Gasteiger partial charge in [0, 0.05) is 31.2 Å². The maximum Gasteiger partial charge on any atom is 0.191 e. The molecule has 1 aromatic carbocycles. The van der Waals surface area contributed by atoms with Crippen molar-refractivity contribution in [3.05, 3.63) is 35.9 Å². The Hall–Kier alpha value is -1.55. The standard InChI is InChI=1S/C20H33N3O/c1-5-21-19(23-17(4)16(2)3)22-15-20(11-13-24-14-12-20)18-9-7-6-8-10-18/h6-10,16-17H,5,11-15H2,1-4H3,(H2,21,22,23). The summed E-state index contributed by atoms with van der Waals surface area (Å²) in [7, 11) is 0. The number of nitrogens with zero attached hydrogens (tertiary/aromatic N) is 1. The Balaban J connectivity index is 2.18. The van der Waals surface area contributed by atoms with Crippen molar-refractivity contribution in [3.63, 3.8) is 0 Å². The van der Waals surface area contributed by atoms with E-state index in [1.165, 1.54) is 5.56 Å². The minimum atomic E-state index is 0.0862. The van der Waals surface area contributed by atoms with E-state index in [2.05, 4.69) is 68.7 Å². The third-order valence-electron chi connectivity index (χ3n) is 5.08. The molecule has 1 fully saturated rings. The van der Waals surface area contributed by atoms with Gasteiger partial charge in [0.15, 0.2) is 5.96 Å². The Morgan fingerprint density at radius 2 is 1.83 bits per heavy atom. The van der Waals surface area contributed by atoms with Gasteiger partial charge in [0.1, 0.15) is 0 Å². The topological polar surface area (TPSA) is 45.7 Å². The van der Waals surface area contributed by atoms with Crippen molar-refractivity contribution >= 4 is 5.96 Å². The molecule has 0 aliphatic carbocycles. The Bertz CT molecular complexity index is 507. The second-order valence-corrected chi connectivity index (χ2v) is 7.13. The van der Waals surface area contributed by atoms with Gasteiger partial charge in [-0.05, 0) is 38.2 Å². The molecular formula is C20H33N3O. The van der Waals surface area contributed by atoms with Crippen molar-refractivity contribution in [1.29, 1.82) is 0 Å². The van der Waals surface area contributed by atoms with Gasteiger partial charge in [0.05, 0.1) is 6.54 Å². The third kappa shape index (κ3) is 4.97. The average molecular weight is 332 g/mol. The molecule has 1 aromatic rings. The fourth-order valence-corrected chi connectivity index (χ4v) is 3.02. The molecule has 1 aliphatic rings. The molecule has 0 bridgehead atoms. The van der Waals surface area contributed by atoms with E-state index < -0.39 is 0 Å². The summed E-state index contributed by atoms with van der Waals surface area (Å²) in [4.78, 5) is 4.95. The van der Waals surface area contributed by atoms with Gasteiger partial charge in [-0.3, -0.25) is 4.99 Å². The maximum atomic E-state index is 5.62. The minimum Gasteiger partial charge on any atom is -0.381 e. The van der Waals surface area contributed by atoms with Crippen LogP contribution in [0.4, 0.5) is 0 Å². The lowest BCUT2D eigenvalue weighted by atomic mass is 9.74. The molecule has 4 nitrogen and oxygen atoms in total. The van der Waals surface area contributed by atoms with Gasteiger partial charge in [0.2, 0.25) is 0 Å². The Kier molecular flexibility index (Phi) is 7.10. The number of nitrogens with one attached hydrogen (secondary N) is 2. The van der Waals surface area contributed by atoms with Crippen molar-refractivity contribution in [3.8, 4) is 0 Å². The van der Waals surface area contributed by atoms with Gasteiger partial charge in [-0.25, -0.2) is 0 Å². The Morgan fingerprint density at radius 1 is 1.17 bits per heavy atom. The van der Waals surface area contributed by atoms with Gasteiger partial charge in [0.25, 0.3) is 0 Å². The van der Waals surface area contributed by atoms with Crippen LogP contribution in [-0.4, -0.2) is 38.3 Å². The highest BCUT2D eigenvalue weighted by Crippen LogP contribution is 2.35. The maximum absolute atomic E-state index is 5.62. The highest BCUT2D eigenvalue weighted by Gasteiger charge is 2.34. The smallest absolute Gasteiger partial charge is 0.191 e. The van der Waals surface area contributed by atoms with Crippen LogP contribution in [0.15, 0.2) is 35.3 Å². The fraction of sp³-hybridized carbons (Fsp3) is 0.650. The van der Waals surface area contributed by atoms with Crippen LogP contribution in [0, 0.1) is 5.92 Å². The molecule has 0 aromatic heterocycles. The lowest BCUT2D eigenvalue weighted by Gasteiger charge is -2.36. The summed E-state index contributed by atoms with van der Waals surface area (Å²) < 4.78 is 5.62. The second-order valence-electron chi connectivity index (χ2n) is 7.13. The first-order valence-corrected chi connectivity index (χ1v) is 9.25. The first-order valence-electron chi connectivity index (χ1n) is 9.25. The van der Waals surface area contributed by atoms with Crippen LogP contribution in [0.1, 0.15) is 46.1 Å². The van der Waals surface area contributed by atoms with E-state index in [1.54, 1.807) is 0 Å². The lowest BCUT2D eigenvalue weighted by molar-refractivity contribution is 0.0531. The van der Waals surface area contributed by atoms with Crippen molar-refractivity contribution < 1.29 is 4.74 Å². The summed E-state index contributed by atoms with van der Waals surface area (Å²) in [6.07, 6.45) is 2.05. The van der Waals surface area contributed by atoms with Crippen molar-refractivity contribution in [2.75, 3.05) is 26.3 Å². The van der Waals surface area contributed by atoms with Crippen molar-refractivity contribution in [2.45, 2.75) is 52.0 Å². The highest BCUT2D eigenvalue weighted by molar-refractivity contribution is 5.80. The van der Waals surface area contributed by atoms with Crippen LogP contribution < -0.4 is 10.6 Å². The molecule has 1 heterocycles. The number of hydrogen-bond donors (Lipinski definition) is 2. The SMILES string of the molecule is CCNC(=NCC1(c2ccccc2)CCOCC1)NC(C)C(C)C. The van der Waals surface area contributed by atoms with Gasteiger partial charge < -0.3 is 15.4 Å². The number of guanidine groups is 1. The van der Waals surface area contributed by atoms with Gasteiger partial charge in [-0.15, -0.1) is 0 Å². The monoisotopic (exact) mass is 331 g/mol. The van der Waals surface area contributed by atoms with Crippen LogP contribution in [0.5, 0.6) is 0 Å². The molecule has 134 valence electrons. The summed E-state index contributed by atoms with van der Waals surface area (Å²) >= 11 is 0. The van der Waals surface area contributed by atoms with E-state index >= 15 is 0 Å². The normalized spacial score (nSPS) is 19.1. The lowest BCUT2D eigenvalue weighted by Crippen LogP contribution is -2.45. The molecule has 0 saturated carbocycles. The zero-order valence-electron chi connectivity index (χ0n) is 15.6. The largest absolute Gasteiger partial charge is 0.381 e. The van der Waals surface area contributed by atoms with E-state index in [0.717, 1.165) is 45.1 Å². The van der Waals surface area contributed by atoms with E-state index in [9.17, 15) is 0 Å². The summed E-state index contributed by atoms with van der Waals surface area (Å²) in [6.45, 7) is 12.1. The van der Waals surface area contributed by atoms with E-state index in [1.807, 2.05) is 0 Å². The number of hydrogen-bond acceptors (Lipinski definition) is 2. The van der Waals surface area contributed by atoms with Gasteiger partial charge in [-0.2, -0.15) is 0 Å². The summed E-state index contributed by atoms with van der Waals surface area (Å²) in [5, 5.41) is 6.92. The highest BCUT2D eigenvalue weighted by atomic mass is 16.5. The second kappa shape index (κ2) is 9.07.